The molecule has 3 rings (SSSR count). The van der Waals surface area contributed by atoms with Crippen LogP contribution in [-0.4, -0.2) is 31.6 Å². The Balaban J connectivity index is 1.83. The third-order valence-electron chi connectivity index (χ3n) is 3.71. The quantitative estimate of drug-likeness (QED) is 0.776. The van der Waals surface area contributed by atoms with E-state index >= 15 is 0 Å². The van der Waals surface area contributed by atoms with E-state index in [4.69, 9.17) is 10.7 Å². The molecule has 0 aliphatic carbocycles. The van der Waals surface area contributed by atoms with Gasteiger partial charge >= 0.3 is 0 Å². The summed E-state index contributed by atoms with van der Waals surface area (Å²) in [6.45, 7) is 2.31. The number of carbonyl (C=O) groups is 1. The molecule has 1 atom stereocenters. The van der Waals surface area contributed by atoms with Crippen LogP contribution in [0.5, 0.6) is 0 Å². The summed E-state index contributed by atoms with van der Waals surface area (Å²) in [6, 6.07) is 7.57. The van der Waals surface area contributed by atoms with Gasteiger partial charge in [0.25, 0.3) is 0 Å². The van der Waals surface area contributed by atoms with Crippen LogP contribution in [-0.2, 0) is 13.8 Å². The summed E-state index contributed by atoms with van der Waals surface area (Å²) in [5.41, 5.74) is 2.57. The first-order chi connectivity index (χ1) is 10.8. The van der Waals surface area contributed by atoms with E-state index in [-0.39, 0.29) is 24.0 Å². The summed E-state index contributed by atoms with van der Waals surface area (Å²) in [6.07, 6.45) is 0.200. The molecule has 1 amide bonds. The fraction of sp³-hybridized carbons (Fsp3) is 0.333. The number of halogens is 1. The zero-order valence-electron chi connectivity index (χ0n) is 12.4. The molecule has 1 aliphatic rings. The molecular formula is C15H15ClN2O3S2. The first-order valence-corrected chi connectivity index (χ1v) is 10.4. The number of amides is 1. The Morgan fingerprint density at radius 2 is 2.22 bits per heavy atom. The molecular weight excluding hydrogens is 356 g/mol. The van der Waals surface area contributed by atoms with Crippen molar-refractivity contribution in [2.75, 3.05) is 17.2 Å². The van der Waals surface area contributed by atoms with Gasteiger partial charge in [-0.15, -0.1) is 11.3 Å². The highest BCUT2D eigenvalue weighted by Crippen LogP contribution is 2.30. The average molecular weight is 371 g/mol. The lowest BCUT2D eigenvalue weighted by molar-refractivity contribution is -0.117. The van der Waals surface area contributed by atoms with Gasteiger partial charge in [-0.1, -0.05) is 12.1 Å². The molecule has 0 radical (unpaired) electrons. The molecule has 1 saturated heterocycles. The van der Waals surface area contributed by atoms with Crippen molar-refractivity contribution in [1.29, 1.82) is 0 Å². The normalized spacial score (nSPS) is 18.6. The van der Waals surface area contributed by atoms with Crippen LogP contribution in [0.25, 0.3) is 11.3 Å². The first kappa shape index (κ1) is 16.4. The Morgan fingerprint density at radius 1 is 1.43 bits per heavy atom. The minimum absolute atomic E-state index is 0.0816. The summed E-state index contributed by atoms with van der Waals surface area (Å²) in [5, 5.41) is 2.96. The fourth-order valence-electron chi connectivity index (χ4n) is 2.75. The predicted molar refractivity (Wildman–Crippen MR) is 92.4 cm³/mol. The van der Waals surface area contributed by atoms with E-state index < -0.39 is 9.05 Å². The standard InChI is InChI=1S/C15H15ClN2O3S2/c1-10-17-14(8-22-10)12-3-2-4-13(6-12)18-7-11(5-15(18)19)9-23(16,20)21/h2-4,6,8,11H,5,7,9H2,1H3. The number of aromatic nitrogens is 1. The number of hydrogen-bond acceptors (Lipinski definition) is 5. The van der Waals surface area contributed by atoms with Crippen LogP contribution in [0.4, 0.5) is 5.69 Å². The molecule has 2 aromatic rings. The molecule has 0 saturated carbocycles. The molecule has 1 aliphatic heterocycles. The summed E-state index contributed by atoms with van der Waals surface area (Å²) in [4.78, 5) is 18.3. The maximum absolute atomic E-state index is 12.2. The molecule has 5 nitrogen and oxygen atoms in total. The van der Waals surface area contributed by atoms with Gasteiger partial charge in [0.1, 0.15) is 0 Å². The molecule has 23 heavy (non-hydrogen) atoms. The second kappa shape index (κ2) is 6.22. The Bertz CT molecular complexity index is 848. The Morgan fingerprint density at radius 3 is 2.87 bits per heavy atom. The van der Waals surface area contributed by atoms with Crippen LogP contribution in [0.3, 0.4) is 0 Å². The van der Waals surface area contributed by atoms with E-state index in [9.17, 15) is 13.2 Å². The third-order valence-corrected chi connectivity index (χ3v) is 5.73. The number of benzene rings is 1. The van der Waals surface area contributed by atoms with Crippen molar-refractivity contribution >= 4 is 42.7 Å². The van der Waals surface area contributed by atoms with E-state index in [2.05, 4.69) is 4.98 Å². The lowest BCUT2D eigenvalue weighted by Gasteiger charge is -2.17. The average Bonchev–Trinajstić information content (AvgIpc) is 3.03. The number of carbonyl (C=O) groups excluding carboxylic acids is 1. The summed E-state index contributed by atoms with van der Waals surface area (Å²) in [7, 11) is 1.70. The van der Waals surface area contributed by atoms with E-state index in [1.807, 2.05) is 36.6 Å². The summed E-state index contributed by atoms with van der Waals surface area (Å²) >= 11 is 1.57. The van der Waals surface area contributed by atoms with Crippen LogP contribution >= 0.6 is 22.0 Å². The molecule has 2 heterocycles. The minimum Gasteiger partial charge on any atom is -0.312 e. The van der Waals surface area contributed by atoms with E-state index in [1.165, 1.54) is 0 Å². The first-order valence-electron chi connectivity index (χ1n) is 7.07. The molecule has 1 fully saturated rings. The van der Waals surface area contributed by atoms with Crippen molar-refractivity contribution in [2.24, 2.45) is 5.92 Å². The zero-order chi connectivity index (χ0) is 16.6. The topological polar surface area (TPSA) is 67.3 Å². The van der Waals surface area contributed by atoms with Gasteiger partial charge in [-0.25, -0.2) is 13.4 Å². The van der Waals surface area contributed by atoms with Crippen LogP contribution in [0, 0.1) is 12.8 Å². The Hall–Kier alpha value is -1.44. The van der Waals surface area contributed by atoms with Gasteiger partial charge in [-0.2, -0.15) is 0 Å². The second-order valence-electron chi connectivity index (χ2n) is 5.58. The Kier molecular flexibility index (Phi) is 4.44. The monoisotopic (exact) mass is 370 g/mol. The van der Waals surface area contributed by atoms with Gasteiger partial charge < -0.3 is 4.90 Å². The third kappa shape index (κ3) is 3.91. The zero-order valence-corrected chi connectivity index (χ0v) is 14.8. The van der Waals surface area contributed by atoms with Crippen molar-refractivity contribution in [2.45, 2.75) is 13.3 Å². The van der Waals surface area contributed by atoms with Crippen molar-refractivity contribution < 1.29 is 13.2 Å². The largest absolute Gasteiger partial charge is 0.312 e. The van der Waals surface area contributed by atoms with Crippen molar-refractivity contribution in [3.63, 3.8) is 0 Å². The maximum atomic E-state index is 12.2. The molecule has 8 heteroatoms. The number of nitrogens with zero attached hydrogens (tertiary/aromatic N) is 2. The van der Waals surface area contributed by atoms with Crippen LogP contribution in [0.1, 0.15) is 11.4 Å². The summed E-state index contributed by atoms with van der Waals surface area (Å²) in [5.74, 6) is -0.529. The number of thiazole rings is 1. The molecule has 1 unspecified atom stereocenters. The second-order valence-corrected chi connectivity index (χ2v) is 9.47. The number of aryl methyl sites for hydroxylation is 1. The van der Waals surface area contributed by atoms with E-state index in [0.29, 0.717) is 6.54 Å². The van der Waals surface area contributed by atoms with Gasteiger partial charge in [0.2, 0.25) is 15.0 Å². The molecule has 0 N–H and O–H groups in total. The highest BCUT2D eigenvalue weighted by Gasteiger charge is 2.33. The number of hydrogen-bond donors (Lipinski definition) is 0. The van der Waals surface area contributed by atoms with E-state index in [1.54, 1.807) is 16.2 Å². The van der Waals surface area contributed by atoms with Gasteiger partial charge in [0.15, 0.2) is 0 Å². The smallest absolute Gasteiger partial charge is 0.232 e. The van der Waals surface area contributed by atoms with E-state index in [0.717, 1.165) is 22.0 Å². The SMILES string of the molecule is Cc1nc(-c2cccc(N3CC(CS(=O)(=O)Cl)CC3=O)c2)cs1. The highest BCUT2D eigenvalue weighted by atomic mass is 35.7. The molecule has 1 aromatic carbocycles. The highest BCUT2D eigenvalue weighted by molar-refractivity contribution is 8.13. The van der Waals surface area contributed by atoms with Crippen LogP contribution < -0.4 is 4.90 Å². The van der Waals surface area contributed by atoms with Crippen molar-refractivity contribution in [3.8, 4) is 11.3 Å². The maximum Gasteiger partial charge on any atom is 0.232 e. The Labute approximate surface area is 143 Å². The van der Waals surface area contributed by atoms with Crippen LogP contribution in [0.15, 0.2) is 29.6 Å². The lowest BCUT2D eigenvalue weighted by atomic mass is 10.1. The molecule has 0 spiro atoms. The molecule has 0 bridgehead atoms. The van der Waals surface area contributed by atoms with Gasteiger partial charge in [-0.3, -0.25) is 4.79 Å². The fourth-order valence-corrected chi connectivity index (χ4v) is 4.70. The van der Waals surface area contributed by atoms with Crippen LogP contribution in [0.2, 0.25) is 0 Å². The number of anilines is 1. The molecule has 1 aromatic heterocycles. The van der Waals surface area contributed by atoms with Gasteiger partial charge in [0.05, 0.1) is 16.5 Å². The van der Waals surface area contributed by atoms with Gasteiger partial charge in [0, 0.05) is 46.2 Å². The predicted octanol–water partition coefficient (Wildman–Crippen LogP) is 3.04. The molecule has 122 valence electrons. The summed E-state index contributed by atoms with van der Waals surface area (Å²) < 4.78 is 22.4. The van der Waals surface area contributed by atoms with Crippen molar-refractivity contribution in [1.82, 2.24) is 4.98 Å². The lowest BCUT2D eigenvalue weighted by Crippen LogP contribution is -2.25. The van der Waals surface area contributed by atoms with Crippen molar-refractivity contribution in [3.05, 3.63) is 34.7 Å². The van der Waals surface area contributed by atoms with Gasteiger partial charge in [-0.05, 0) is 19.1 Å². The number of rotatable bonds is 4. The minimum atomic E-state index is -3.60.